The van der Waals surface area contributed by atoms with Crippen LogP contribution in [0.25, 0.3) is 11.3 Å². The molecule has 0 saturated carbocycles. The highest BCUT2D eigenvalue weighted by Gasteiger charge is 2.12. The fraction of sp³-hybridized carbons (Fsp3) is 0.217. The minimum Gasteiger partial charge on any atom is -0.378 e. The average Bonchev–Trinajstić information content (AvgIpc) is 3.20. The van der Waals surface area contributed by atoms with Gasteiger partial charge in [-0.15, -0.1) is 17.9 Å². The zero-order valence-electron chi connectivity index (χ0n) is 16.6. The summed E-state index contributed by atoms with van der Waals surface area (Å²) in [7, 11) is 0. The lowest BCUT2D eigenvalue weighted by Crippen LogP contribution is -2.36. The standard InChI is InChI=1S/C23H23FN4OS/c1-2-11-25-23-28(22(17-30-23)20-5-3-4-6-21(20)24)26-16-18-7-9-19(10-8-18)27-12-14-29-15-13-27/h2-10,16-17H,1,11-15H2. The molecule has 0 aliphatic carbocycles. The van der Waals surface area contributed by atoms with E-state index >= 15 is 0 Å². The average molecular weight is 423 g/mol. The van der Waals surface area contributed by atoms with Crippen molar-refractivity contribution in [2.45, 2.75) is 0 Å². The molecule has 4 rings (SSSR count). The quantitative estimate of drug-likeness (QED) is 0.442. The van der Waals surface area contributed by atoms with E-state index in [9.17, 15) is 4.39 Å². The summed E-state index contributed by atoms with van der Waals surface area (Å²) in [5.74, 6) is -0.288. The second-order valence-corrected chi connectivity index (χ2v) is 7.60. The molecular formula is C23H23FN4OS. The zero-order chi connectivity index (χ0) is 20.8. The van der Waals surface area contributed by atoms with Crippen LogP contribution < -0.4 is 9.70 Å². The molecule has 1 fully saturated rings. The summed E-state index contributed by atoms with van der Waals surface area (Å²) in [4.78, 5) is 7.49. The third kappa shape index (κ3) is 4.58. The normalized spacial score (nSPS) is 15.1. The van der Waals surface area contributed by atoms with E-state index in [4.69, 9.17) is 4.74 Å². The molecule has 1 aliphatic heterocycles. The lowest BCUT2D eigenvalue weighted by atomic mass is 10.1. The summed E-state index contributed by atoms with van der Waals surface area (Å²) in [6, 6.07) is 14.9. The molecule has 0 unspecified atom stereocenters. The van der Waals surface area contributed by atoms with Gasteiger partial charge in [0.1, 0.15) is 5.82 Å². The van der Waals surface area contributed by atoms with E-state index in [0.717, 1.165) is 31.9 Å². The number of halogens is 1. The summed E-state index contributed by atoms with van der Waals surface area (Å²) < 4.78 is 21.5. The number of anilines is 1. The van der Waals surface area contributed by atoms with E-state index in [1.165, 1.54) is 23.1 Å². The number of thiazole rings is 1. The highest BCUT2D eigenvalue weighted by molar-refractivity contribution is 7.07. The van der Waals surface area contributed by atoms with Crippen LogP contribution in [0.4, 0.5) is 10.1 Å². The van der Waals surface area contributed by atoms with Gasteiger partial charge in [-0.3, -0.25) is 4.99 Å². The zero-order valence-corrected chi connectivity index (χ0v) is 17.4. The monoisotopic (exact) mass is 422 g/mol. The molecule has 7 heteroatoms. The van der Waals surface area contributed by atoms with E-state index in [0.29, 0.717) is 22.6 Å². The van der Waals surface area contributed by atoms with E-state index in [1.54, 1.807) is 29.1 Å². The minimum atomic E-state index is -0.288. The minimum absolute atomic E-state index is 0.288. The molecule has 1 aromatic heterocycles. The first-order valence-electron chi connectivity index (χ1n) is 9.80. The van der Waals surface area contributed by atoms with Crippen molar-refractivity contribution < 1.29 is 9.13 Å². The molecule has 3 aromatic rings. The fourth-order valence-electron chi connectivity index (χ4n) is 3.23. The summed E-state index contributed by atoms with van der Waals surface area (Å²) >= 11 is 1.43. The van der Waals surface area contributed by atoms with Gasteiger partial charge in [-0.05, 0) is 29.8 Å². The van der Waals surface area contributed by atoms with Gasteiger partial charge in [0, 0.05) is 29.7 Å². The second kappa shape index (κ2) is 9.65. The Kier molecular flexibility index (Phi) is 6.51. The summed E-state index contributed by atoms with van der Waals surface area (Å²) in [6.07, 6.45) is 3.49. The van der Waals surface area contributed by atoms with Crippen molar-refractivity contribution >= 4 is 23.2 Å². The Balaban J connectivity index is 1.64. The predicted octanol–water partition coefficient (Wildman–Crippen LogP) is 4.16. The van der Waals surface area contributed by atoms with Gasteiger partial charge in [-0.2, -0.15) is 5.10 Å². The van der Waals surface area contributed by atoms with E-state index < -0.39 is 0 Å². The smallest absolute Gasteiger partial charge is 0.206 e. The van der Waals surface area contributed by atoms with Crippen LogP contribution in [-0.4, -0.2) is 43.7 Å². The van der Waals surface area contributed by atoms with Gasteiger partial charge in [-0.1, -0.05) is 30.3 Å². The van der Waals surface area contributed by atoms with E-state index in [-0.39, 0.29) is 5.82 Å². The number of ether oxygens (including phenoxy) is 1. The number of morpholine rings is 1. The first kappa shape index (κ1) is 20.3. The molecule has 0 atom stereocenters. The van der Waals surface area contributed by atoms with Crippen LogP contribution in [0.1, 0.15) is 5.56 Å². The molecule has 30 heavy (non-hydrogen) atoms. The Bertz CT molecular complexity index is 1090. The van der Waals surface area contributed by atoms with Crippen LogP contribution in [-0.2, 0) is 4.74 Å². The summed E-state index contributed by atoms with van der Waals surface area (Å²) in [5, 5.41) is 6.50. The molecule has 1 saturated heterocycles. The molecule has 0 bridgehead atoms. The van der Waals surface area contributed by atoms with Gasteiger partial charge in [0.2, 0.25) is 4.80 Å². The molecule has 0 spiro atoms. The van der Waals surface area contributed by atoms with Crippen molar-refractivity contribution in [1.82, 2.24) is 4.68 Å². The Morgan fingerprint density at radius 1 is 1.10 bits per heavy atom. The van der Waals surface area contributed by atoms with Crippen LogP contribution in [0.5, 0.6) is 0 Å². The van der Waals surface area contributed by atoms with Crippen molar-refractivity contribution in [1.29, 1.82) is 0 Å². The molecule has 2 heterocycles. The number of rotatable bonds is 6. The van der Waals surface area contributed by atoms with Crippen molar-refractivity contribution in [3.05, 3.63) is 82.7 Å². The second-order valence-electron chi connectivity index (χ2n) is 6.76. The third-order valence-electron chi connectivity index (χ3n) is 4.78. The molecule has 5 nitrogen and oxygen atoms in total. The number of aromatic nitrogens is 1. The van der Waals surface area contributed by atoms with Crippen LogP contribution in [0.2, 0.25) is 0 Å². The highest BCUT2D eigenvalue weighted by Crippen LogP contribution is 2.23. The Hall–Kier alpha value is -3.03. The van der Waals surface area contributed by atoms with Gasteiger partial charge < -0.3 is 9.64 Å². The molecular weight excluding hydrogens is 399 g/mol. The molecule has 0 amide bonds. The number of nitrogens with zero attached hydrogens (tertiary/aromatic N) is 4. The SMILES string of the molecule is C=CCN=c1scc(-c2ccccc2F)n1N=Cc1ccc(N2CCOCC2)cc1. The van der Waals surface area contributed by atoms with Crippen molar-refractivity contribution in [3.63, 3.8) is 0 Å². The first-order chi connectivity index (χ1) is 14.8. The van der Waals surface area contributed by atoms with Crippen molar-refractivity contribution in [2.24, 2.45) is 10.1 Å². The first-order valence-corrected chi connectivity index (χ1v) is 10.7. The lowest BCUT2D eigenvalue weighted by Gasteiger charge is -2.28. The number of benzene rings is 2. The van der Waals surface area contributed by atoms with Crippen molar-refractivity contribution in [2.75, 3.05) is 37.7 Å². The maximum absolute atomic E-state index is 14.4. The highest BCUT2D eigenvalue weighted by atomic mass is 32.1. The van der Waals surface area contributed by atoms with E-state index in [1.807, 2.05) is 23.6 Å². The Labute approximate surface area is 179 Å². The van der Waals surface area contributed by atoms with Gasteiger partial charge in [0.15, 0.2) is 0 Å². The fourth-order valence-corrected chi connectivity index (χ4v) is 4.07. The largest absolute Gasteiger partial charge is 0.378 e. The molecule has 1 aliphatic rings. The lowest BCUT2D eigenvalue weighted by molar-refractivity contribution is 0.122. The Morgan fingerprint density at radius 2 is 1.87 bits per heavy atom. The topological polar surface area (TPSA) is 42.1 Å². The molecule has 2 aromatic carbocycles. The maximum Gasteiger partial charge on any atom is 0.206 e. The van der Waals surface area contributed by atoms with E-state index in [2.05, 4.69) is 33.7 Å². The number of hydrogen-bond acceptors (Lipinski definition) is 5. The molecule has 0 N–H and O–H groups in total. The van der Waals surface area contributed by atoms with Crippen LogP contribution in [0, 0.1) is 5.82 Å². The van der Waals surface area contributed by atoms with Gasteiger partial charge in [0.05, 0.1) is 31.7 Å². The van der Waals surface area contributed by atoms with Crippen LogP contribution in [0.15, 0.2) is 76.7 Å². The summed E-state index contributed by atoms with van der Waals surface area (Å²) in [5.41, 5.74) is 3.29. The Morgan fingerprint density at radius 3 is 2.60 bits per heavy atom. The maximum atomic E-state index is 14.4. The molecule has 0 radical (unpaired) electrons. The predicted molar refractivity (Wildman–Crippen MR) is 121 cm³/mol. The third-order valence-corrected chi connectivity index (χ3v) is 5.64. The van der Waals surface area contributed by atoms with Crippen molar-refractivity contribution in [3.8, 4) is 11.3 Å². The van der Waals surface area contributed by atoms with Gasteiger partial charge in [-0.25, -0.2) is 9.07 Å². The summed E-state index contributed by atoms with van der Waals surface area (Å²) in [6.45, 7) is 7.51. The van der Waals surface area contributed by atoms with Crippen LogP contribution >= 0.6 is 11.3 Å². The van der Waals surface area contributed by atoms with Gasteiger partial charge >= 0.3 is 0 Å². The molecule has 154 valence electrons. The van der Waals surface area contributed by atoms with Crippen LogP contribution in [0.3, 0.4) is 0 Å². The number of hydrogen-bond donors (Lipinski definition) is 0. The van der Waals surface area contributed by atoms with Gasteiger partial charge in [0.25, 0.3) is 0 Å².